The second kappa shape index (κ2) is 8.40. The normalized spacial score (nSPS) is 15.4. The molecule has 4 rings (SSSR count). The number of hydrogen-bond donors (Lipinski definition) is 0. The molecule has 2 heterocycles. The average molecular weight is 454 g/mol. The van der Waals surface area contributed by atoms with Crippen LogP contribution in [0.25, 0.3) is 17.4 Å². The molecule has 0 radical (unpaired) electrons. The number of alkyl halides is 3. The summed E-state index contributed by atoms with van der Waals surface area (Å²) < 4.78 is 44.4. The molecule has 160 valence electrons. The molecule has 0 atom stereocenters. The molecule has 1 aliphatic rings. The summed E-state index contributed by atoms with van der Waals surface area (Å²) in [5.41, 5.74) is 0.350. The molecule has 0 unspecified atom stereocenters. The molecule has 0 aliphatic carbocycles. The Kier molecular flexibility index (Phi) is 5.63. The minimum atomic E-state index is -4.48. The van der Waals surface area contributed by atoms with E-state index < -0.39 is 22.9 Å². The van der Waals surface area contributed by atoms with Gasteiger partial charge in [0.25, 0.3) is 11.1 Å². The van der Waals surface area contributed by atoms with Gasteiger partial charge in [-0.3, -0.25) is 14.5 Å². The zero-order valence-corrected chi connectivity index (χ0v) is 17.0. The fourth-order valence-corrected chi connectivity index (χ4v) is 3.96. The van der Waals surface area contributed by atoms with Crippen molar-refractivity contribution in [1.82, 2.24) is 4.90 Å². The number of imide groups is 1. The molecular weight excluding hydrogens is 441 g/mol. The van der Waals surface area contributed by atoms with Crippen molar-refractivity contribution in [3.05, 3.63) is 88.0 Å². The van der Waals surface area contributed by atoms with Crippen LogP contribution in [0.3, 0.4) is 0 Å². The van der Waals surface area contributed by atoms with Crippen molar-refractivity contribution >= 4 is 29.0 Å². The van der Waals surface area contributed by atoms with Gasteiger partial charge in [-0.2, -0.15) is 18.4 Å². The van der Waals surface area contributed by atoms with Gasteiger partial charge >= 0.3 is 6.18 Å². The summed E-state index contributed by atoms with van der Waals surface area (Å²) in [6, 6.07) is 16.4. The summed E-state index contributed by atoms with van der Waals surface area (Å²) in [5.74, 6) is -0.116. The van der Waals surface area contributed by atoms with Gasteiger partial charge in [-0.15, -0.1) is 0 Å². The molecule has 1 aromatic heterocycles. The van der Waals surface area contributed by atoms with E-state index in [-0.39, 0.29) is 28.5 Å². The van der Waals surface area contributed by atoms with Gasteiger partial charge in [0.1, 0.15) is 11.5 Å². The molecule has 0 spiro atoms. The van der Waals surface area contributed by atoms with E-state index in [2.05, 4.69) is 0 Å². The first kappa shape index (κ1) is 21.5. The predicted octanol–water partition coefficient (Wildman–Crippen LogP) is 6.07. The third kappa shape index (κ3) is 4.31. The van der Waals surface area contributed by atoms with Crippen LogP contribution in [0.1, 0.15) is 22.5 Å². The van der Waals surface area contributed by atoms with Crippen molar-refractivity contribution in [3.63, 3.8) is 0 Å². The third-order valence-electron chi connectivity index (χ3n) is 4.71. The molecule has 32 heavy (non-hydrogen) atoms. The molecular formula is C23H13F3N2O3S. The number of furan rings is 1. The monoisotopic (exact) mass is 454 g/mol. The number of carbonyl (C=O) groups excluding carboxylic acids is 2. The summed E-state index contributed by atoms with van der Waals surface area (Å²) in [7, 11) is 0. The fourth-order valence-electron chi connectivity index (χ4n) is 3.14. The van der Waals surface area contributed by atoms with Crippen molar-refractivity contribution in [1.29, 1.82) is 5.26 Å². The van der Waals surface area contributed by atoms with E-state index in [9.17, 15) is 28.0 Å². The average Bonchev–Trinajstić information content (AvgIpc) is 3.34. The molecule has 9 heteroatoms. The van der Waals surface area contributed by atoms with E-state index in [0.717, 1.165) is 28.8 Å². The molecule has 1 saturated heterocycles. The van der Waals surface area contributed by atoms with Crippen LogP contribution < -0.4 is 0 Å². The first-order chi connectivity index (χ1) is 15.3. The Morgan fingerprint density at radius 1 is 1.06 bits per heavy atom. The van der Waals surface area contributed by atoms with Crippen molar-refractivity contribution < 1.29 is 27.2 Å². The number of halogens is 3. The Hall–Kier alpha value is -3.77. The van der Waals surface area contributed by atoms with Crippen LogP contribution in [0, 0.1) is 11.3 Å². The van der Waals surface area contributed by atoms with Gasteiger partial charge in [-0.1, -0.05) is 30.3 Å². The van der Waals surface area contributed by atoms with Crippen molar-refractivity contribution in [2.75, 3.05) is 0 Å². The Morgan fingerprint density at radius 2 is 1.84 bits per heavy atom. The van der Waals surface area contributed by atoms with E-state index in [0.29, 0.717) is 11.1 Å². The summed E-state index contributed by atoms with van der Waals surface area (Å²) in [4.78, 5) is 26.2. The number of nitrogens with zero attached hydrogens (tertiary/aromatic N) is 2. The highest BCUT2D eigenvalue weighted by Gasteiger charge is 2.35. The molecule has 2 aromatic carbocycles. The van der Waals surface area contributed by atoms with Crippen LogP contribution in [-0.4, -0.2) is 16.0 Å². The predicted molar refractivity (Wildman–Crippen MR) is 112 cm³/mol. The molecule has 1 aliphatic heterocycles. The highest BCUT2D eigenvalue weighted by atomic mass is 32.2. The second-order valence-corrected chi connectivity index (χ2v) is 7.81. The van der Waals surface area contributed by atoms with Gasteiger partial charge in [0.05, 0.1) is 28.6 Å². The van der Waals surface area contributed by atoms with Gasteiger partial charge in [0.15, 0.2) is 0 Å². The largest absolute Gasteiger partial charge is 0.457 e. The summed E-state index contributed by atoms with van der Waals surface area (Å²) >= 11 is 0.727. The zero-order valence-electron chi connectivity index (χ0n) is 16.2. The van der Waals surface area contributed by atoms with E-state index in [4.69, 9.17) is 4.42 Å². The first-order valence-electron chi connectivity index (χ1n) is 9.27. The maximum Gasteiger partial charge on any atom is 0.416 e. The minimum Gasteiger partial charge on any atom is -0.457 e. The second-order valence-electron chi connectivity index (χ2n) is 6.82. The highest BCUT2D eigenvalue weighted by Crippen LogP contribution is 2.36. The Balaban J connectivity index is 1.56. The Morgan fingerprint density at radius 3 is 2.59 bits per heavy atom. The topological polar surface area (TPSA) is 74.3 Å². The number of amides is 2. The van der Waals surface area contributed by atoms with Crippen LogP contribution in [0.15, 0.2) is 70.0 Å². The molecule has 0 bridgehead atoms. The van der Waals surface area contributed by atoms with Gasteiger partial charge in [0, 0.05) is 11.6 Å². The van der Waals surface area contributed by atoms with Crippen molar-refractivity contribution in [3.8, 4) is 17.4 Å². The number of rotatable bonds is 4. The highest BCUT2D eigenvalue weighted by molar-refractivity contribution is 8.18. The van der Waals surface area contributed by atoms with Crippen LogP contribution in [0.2, 0.25) is 0 Å². The molecule has 1 fully saturated rings. The summed E-state index contributed by atoms with van der Waals surface area (Å²) in [6.45, 7) is -0.0423. The van der Waals surface area contributed by atoms with E-state index in [1.807, 2.05) is 6.07 Å². The van der Waals surface area contributed by atoms with Crippen molar-refractivity contribution in [2.24, 2.45) is 0 Å². The standard InChI is InChI=1S/C23H13F3N2O3S/c24-23(25,26)17-7-3-6-14(10-17)19-9-8-18(31-19)11-20-21(29)28(22(30)32-20)13-16-5-2-1-4-15(16)12-27/h1-11H,13H2/b20-11+. The van der Waals surface area contributed by atoms with Crippen LogP contribution in [-0.2, 0) is 17.5 Å². The van der Waals surface area contributed by atoms with Gasteiger partial charge < -0.3 is 4.42 Å². The van der Waals surface area contributed by atoms with Gasteiger partial charge in [0.2, 0.25) is 0 Å². The first-order valence-corrected chi connectivity index (χ1v) is 10.1. The van der Waals surface area contributed by atoms with Crippen molar-refractivity contribution in [2.45, 2.75) is 12.7 Å². The zero-order chi connectivity index (χ0) is 22.9. The number of thioether (sulfide) groups is 1. The molecule has 3 aromatic rings. The number of carbonyl (C=O) groups is 2. The van der Waals surface area contributed by atoms with Gasteiger partial charge in [-0.05, 0) is 47.7 Å². The smallest absolute Gasteiger partial charge is 0.416 e. The Bertz CT molecular complexity index is 1290. The van der Waals surface area contributed by atoms with Crippen LogP contribution in [0.4, 0.5) is 18.0 Å². The van der Waals surface area contributed by atoms with E-state index in [1.54, 1.807) is 24.3 Å². The third-order valence-corrected chi connectivity index (χ3v) is 5.62. The fraction of sp³-hybridized carbons (Fsp3) is 0.0870. The molecule has 0 N–H and O–H groups in total. The quantitative estimate of drug-likeness (QED) is 0.447. The van der Waals surface area contributed by atoms with E-state index in [1.165, 1.54) is 30.3 Å². The lowest BCUT2D eigenvalue weighted by Gasteiger charge is -2.13. The SMILES string of the molecule is N#Cc1ccccc1CN1C(=O)S/C(=C/c2ccc(-c3cccc(C(F)(F)F)c3)o2)C1=O. The van der Waals surface area contributed by atoms with E-state index >= 15 is 0 Å². The number of hydrogen-bond acceptors (Lipinski definition) is 5. The van der Waals surface area contributed by atoms with Crippen LogP contribution in [0.5, 0.6) is 0 Å². The molecule has 5 nitrogen and oxygen atoms in total. The minimum absolute atomic E-state index is 0.0423. The lowest BCUT2D eigenvalue weighted by Crippen LogP contribution is -2.27. The number of benzene rings is 2. The van der Waals surface area contributed by atoms with Crippen LogP contribution >= 0.6 is 11.8 Å². The maximum atomic E-state index is 12.9. The lowest BCUT2D eigenvalue weighted by atomic mass is 10.1. The molecule has 0 saturated carbocycles. The number of nitriles is 1. The summed E-state index contributed by atoms with van der Waals surface area (Å²) in [6.07, 6.45) is -3.10. The lowest BCUT2D eigenvalue weighted by molar-refractivity contribution is -0.137. The van der Waals surface area contributed by atoms with Gasteiger partial charge in [-0.25, -0.2) is 0 Å². The maximum absolute atomic E-state index is 12.9. The summed E-state index contributed by atoms with van der Waals surface area (Å²) in [5, 5.41) is 8.71. The molecule has 2 amide bonds. The Labute approximate surface area is 184 Å².